The van der Waals surface area contributed by atoms with Crippen LogP contribution in [0, 0.1) is 12.7 Å². The van der Waals surface area contributed by atoms with Gasteiger partial charge in [0.2, 0.25) is 0 Å². The van der Waals surface area contributed by atoms with Gasteiger partial charge in [-0.25, -0.2) is 9.37 Å². The fraction of sp³-hybridized carbons (Fsp3) is 0.417. The Hall–Kier alpha value is -2.95. The van der Waals surface area contributed by atoms with E-state index in [1.165, 1.54) is 17.4 Å². The minimum Gasteiger partial charge on any atom is -0.491 e. The number of rotatable bonds is 5. The molecule has 3 aromatic rings. The van der Waals surface area contributed by atoms with Gasteiger partial charge in [-0.05, 0) is 44.0 Å². The van der Waals surface area contributed by atoms with Gasteiger partial charge in [-0.15, -0.1) is 11.3 Å². The van der Waals surface area contributed by atoms with E-state index in [4.69, 9.17) is 15.2 Å². The number of carbonyl (C=O) groups is 1. The lowest BCUT2D eigenvalue weighted by molar-refractivity contribution is -0.0196. The first-order chi connectivity index (χ1) is 16.4. The van der Waals surface area contributed by atoms with Crippen LogP contribution in [0.1, 0.15) is 27.9 Å². The molecular formula is C24H28FN5O3S. The SMILES string of the molecule is Cc1ccc2c(N)c(C(=O)N[C@H]3COc4cc(NCC5CNCC(C)O5)c(F)cc4C3)sc2n1. The molecule has 0 aliphatic carbocycles. The van der Waals surface area contributed by atoms with Gasteiger partial charge in [0.1, 0.15) is 27.9 Å². The summed E-state index contributed by atoms with van der Waals surface area (Å²) < 4.78 is 26.5. The van der Waals surface area contributed by atoms with Crippen molar-refractivity contribution in [3.8, 4) is 5.75 Å². The lowest BCUT2D eigenvalue weighted by Gasteiger charge is -2.30. The third-order valence-electron chi connectivity index (χ3n) is 6.08. The topological polar surface area (TPSA) is 111 Å². The predicted octanol–water partition coefficient (Wildman–Crippen LogP) is 2.85. The van der Waals surface area contributed by atoms with Crippen molar-refractivity contribution < 1.29 is 18.7 Å². The van der Waals surface area contributed by atoms with E-state index in [0.717, 1.165) is 29.0 Å². The van der Waals surface area contributed by atoms with Gasteiger partial charge in [0, 0.05) is 36.8 Å². The summed E-state index contributed by atoms with van der Waals surface area (Å²) in [6, 6.07) is 6.61. The number of hydrogen-bond acceptors (Lipinski definition) is 8. The Labute approximate surface area is 201 Å². The second-order valence-electron chi connectivity index (χ2n) is 8.88. The molecule has 180 valence electrons. The summed E-state index contributed by atoms with van der Waals surface area (Å²) in [6.07, 6.45) is 0.570. The quantitative estimate of drug-likeness (QED) is 0.440. The summed E-state index contributed by atoms with van der Waals surface area (Å²) in [5, 5.41) is 10.2. The lowest BCUT2D eigenvalue weighted by atomic mass is 10.0. The number of anilines is 2. The normalized spacial score (nSPS) is 22.1. The Morgan fingerprint density at radius 1 is 1.35 bits per heavy atom. The molecule has 5 rings (SSSR count). The fourth-order valence-electron chi connectivity index (χ4n) is 4.36. The fourth-order valence-corrected chi connectivity index (χ4v) is 5.40. The van der Waals surface area contributed by atoms with Gasteiger partial charge in [-0.3, -0.25) is 4.79 Å². The van der Waals surface area contributed by atoms with Crippen LogP contribution in [0.25, 0.3) is 10.2 Å². The van der Waals surface area contributed by atoms with E-state index in [1.807, 2.05) is 26.0 Å². The second-order valence-corrected chi connectivity index (χ2v) is 9.88. The molecule has 1 aromatic carbocycles. The van der Waals surface area contributed by atoms with Crippen LogP contribution < -0.4 is 26.4 Å². The number of hydrogen-bond donors (Lipinski definition) is 4. The maximum atomic E-state index is 14.8. The molecule has 5 N–H and O–H groups in total. The number of morpholine rings is 1. The van der Waals surface area contributed by atoms with E-state index < -0.39 is 0 Å². The number of ether oxygens (including phenoxy) is 2. The van der Waals surface area contributed by atoms with Crippen LogP contribution in [0.2, 0.25) is 0 Å². The highest BCUT2D eigenvalue weighted by molar-refractivity contribution is 7.21. The summed E-state index contributed by atoms with van der Waals surface area (Å²) in [6.45, 7) is 6.24. The zero-order valence-corrected chi connectivity index (χ0v) is 19.9. The Bertz CT molecular complexity index is 1230. The second kappa shape index (κ2) is 9.36. The molecule has 1 amide bonds. The highest BCUT2D eigenvalue weighted by atomic mass is 32.1. The number of nitrogens with one attached hydrogen (secondary N) is 3. The molecule has 3 atom stereocenters. The molecule has 2 unspecified atom stereocenters. The van der Waals surface area contributed by atoms with Crippen LogP contribution in [-0.2, 0) is 11.2 Å². The summed E-state index contributed by atoms with van der Waals surface area (Å²) >= 11 is 1.27. The van der Waals surface area contributed by atoms with E-state index in [2.05, 4.69) is 20.9 Å². The van der Waals surface area contributed by atoms with Crippen LogP contribution in [0.15, 0.2) is 24.3 Å². The molecule has 34 heavy (non-hydrogen) atoms. The van der Waals surface area contributed by atoms with Gasteiger partial charge in [0.05, 0.1) is 29.6 Å². The van der Waals surface area contributed by atoms with Crippen molar-refractivity contribution in [3.05, 3.63) is 46.2 Å². The predicted molar refractivity (Wildman–Crippen MR) is 131 cm³/mol. The number of carbonyl (C=O) groups excluding carboxylic acids is 1. The summed E-state index contributed by atoms with van der Waals surface area (Å²) in [7, 11) is 0. The van der Waals surface area contributed by atoms with Crippen molar-refractivity contribution in [1.82, 2.24) is 15.6 Å². The minimum absolute atomic E-state index is 0.0276. The molecule has 10 heteroatoms. The molecule has 8 nitrogen and oxygen atoms in total. The number of amides is 1. The smallest absolute Gasteiger partial charge is 0.263 e. The van der Waals surface area contributed by atoms with Gasteiger partial charge in [0.15, 0.2) is 0 Å². The van der Waals surface area contributed by atoms with Crippen LogP contribution in [0.3, 0.4) is 0 Å². The van der Waals surface area contributed by atoms with Gasteiger partial charge in [-0.2, -0.15) is 0 Å². The molecular weight excluding hydrogens is 457 g/mol. The summed E-state index contributed by atoms with van der Waals surface area (Å²) in [4.78, 5) is 18.5. The number of fused-ring (bicyclic) bond motifs is 2. The van der Waals surface area contributed by atoms with Gasteiger partial charge in [0.25, 0.3) is 5.91 Å². The van der Waals surface area contributed by atoms with E-state index in [0.29, 0.717) is 47.1 Å². The maximum absolute atomic E-state index is 14.8. The van der Waals surface area contributed by atoms with Gasteiger partial charge < -0.3 is 31.2 Å². The van der Waals surface area contributed by atoms with E-state index in [-0.39, 0.29) is 30.0 Å². The first-order valence-corrected chi connectivity index (χ1v) is 12.2. The molecule has 1 fully saturated rings. The maximum Gasteiger partial charge on any atom is 0.263 e. The summed E-state index contributed by atoms with van der Waals surface area (Å²) in [5.41, 5.74) is 8.59. The molecule has 0 saturated carbocycles. The van der Waals surface area contributed by atoms with Crippen molar-refractivity contribution >= 4 is 38.8 Å². The third-order valence-corrected chi connectivity index (χ3v) is 7.19. The Morgan fingerprint density at radius 2 is 2.21 bits per heavy atom. The molecule has 2 aromatic heterocycles. The molecule has 2 aliphatic rings. The number of thiophene rings is 1. The van der Waals surface area contributed by atoms with Crippen LogP contribution in [-0.4, -0.2) is 55.4 Å². The van der Waals surface area contributed by atoms with Crippen molar-refractivity contribution in [2.75, 3.05) is 37.3 Å². The number of nitrogen functional groups attached to an aromatic ring is 1. The monoisotopic (exact) mass is 485 g/mol. The largest absolute Gasteiger partial charge is 0.491 e. The van der Waals surface area contributed by atoms with E-state index in [1.54, 1.807) is 6.07 Å². The Morgan fingerprint density at radius 3 is 3.03 bits per heavy atom. The molecule has 0 radical (unpaired) electrons. The Balaban J connectivity index is 1.24. The molecule has 4 heterocycles. The number of aromatic nitrogens is 1. The number of halogens is 1. The van der Waals surface area contributed by atoms with Gasteiger partial charge >= 0.3 is 0 Å². The number of benzene rings is 1. The van der Waals surface area contributed by atoms with Crippen LogP contribution in [0.5, 0.6) is 5.75 Å². The third kappa shape index (κ3) is 4.66. The minimum atomic E-state index is -0.360. The average molecular weight is 486 g/mol. The first kappa shape index (κ1) is 22.8. The van der Waals surface area contributed by atoms with Crippen molar-refractivity contribution in [1.29, 1.82) is 0 Å². The highest BCUT2D eigenvalue weighted by Gasteiger charge is 2.26. The van der Waals surface area contributed by atoms with E-state index in [9.17, 15) is 9.18 Å². The Kier molecular flexibility index (Phi) is 6.28. The van der Waals surface area contributed by atoms with Crippen molar-refractivity contribution in [2.45, 2.75) is 38.5 Å². The van der Waals surface area contributed by atoms with Crippen molar-refractivity contribution in [3.63, 3.8) is 0 Å². The average Bonchev–Trinajstić information content (AvgIpc) is 3.13. The number of nitrogens with zero attached hydrogens (tertiary/aromatic N) is 1. The molecule has 0 bridgehead atoms. The summed E-state index contributed by atoms with van der Waals surface area (Å²) in [5.74, 6) is -0.0166. The molecule has 2 aliphatic heterocycles. The van der Waals surface area contributed by atoms with Gasteiger partial charge in [-0.1, -0.05) is 0 Å². The molecule has 1 saturated heterocycles. The number of nitrogens with two attached hydrogens (primary N) is 1. The lowest BCUT2D eigenvalue weighted by Crippen LogP contribution is -2.46. The van der Waals surface area contributed by atoms with Crippen LogP contribution in [0.4, 0.5) is 15.8 Å². The zero-order valence-electron chi connectivity index (χ0n) is 19.1. The number of pyridine rings is 1. The van der Waals surface area contributed by atoms with Crippen molar-refractivity contribution in [2.24, 2.45) is 0 Å². The van der Waals surface area contributed by atoms with E-state index >= 15 is 0 Å². The standard InChI is InChI=1S/C24H28FN5O3S/c1-12-3-4-17-21(26)22(34-24(17)29-12)23(31)30-15-5-14-6-18(25)19(7-20(14)32-11-15)28-10-16-9-27-8-13(2)33-16/h3-4,6-7,13,15-16,27-28H,5,8-11,26H2,1-2H3,(H,30,31)/t13?,15-,16?/m1/s1. The highest BCUT2D eigenvalue weighted by Crippen LogP contribution is 2.34. The first-order valence-electron chi connectivity index (χ1n) is 11.4. The zero-order chi connectivity index (χ0) is 23.8. The molecule has 0 spiro atoms. The number of aryl methyl sites for hydroxylation is 1. The van der Waals surface area contributed by atoms with Crippen LogP contribution >= 0.6 is 11.3 Å².